The highest BCUT2D eigenvalue weighted by Gasteiger charge is 2.08. The highest BCUT2D eigenvalue weighted by molar-refractivity contribution is 8.01. The van der Waals surface area contributed by atoms with Crippen molar-refractivity contribution in [3.63, 3.8) is 0 Å². The minimum absolute atomic E-state index is 0.137. The van der Waals surface area contributed by atoms with Crippen LogP contribution >= 0.6 is 23.3 Å². The van der Waals surface area contributed by atoms with Gasteiger partial charge in [0, 0.05) is 5.56 Å². The molecule has 2 aromatic rings. The molecule has 0 aliphatic carbocycles. The Morgan fingerprint density at radius 2 is 2.11 bits per heavy atom. The molecule has 5 heteroatoms. The van der Waals surface area contributed by atoms with E-state index < -0.39 is 0 Å². The van der Waals surface area contributed by atoms with Crippen molar-refractivity contribution in [1.29, 1.82) is 0 Å². The van der Waals surface area contributed by atoms with Crippen LogP contribution in [0.2, 0.25) is 0 Å². The van der Waals surface area contributed by atoms with Crippen molar-refractivity contribution in [2.75, 3.05) is 5.75 Å². The first-order valence-electron chi connectivity index (χ1n) is 5.81. The van der Waals surface area contributed by atoms with Gasteiger partial charge in [-0.05, 0) is 23.5 Å². The molecule has 0 unspecified atom stereocenters. The topological polar surface area (TPSA) is 42.9 Å². The monoisotopic (exact) mass is 278 g/mol. The Labute approximate surface area is 115 Å². The minimum atomic E-state index is 0.137. The van der Waals surface area contributed by atoms with Crippen LogP contribution in [0.3, 0.4) is 0 Å². The molecule has 2 rings (SSSR count). The standard InChI is InChI=1S/C13H14N2OS2/c1-2-3-10-4-6-11(7-5-10)12(16)8-17-13-14-9-15-18-13/h4-7,9H,2-3,8H2,1H3. The summed E-state index contributed by atoms with van der Waals surface area (Å²) in [4.78, 5) is 16.0. The van der Waals surface area contributed by atoms with Crippen LogP contribution in [0.15, 0.2) is 34.9 Å². The highest BCUT2D eigenvalue weighted by Crippen LogP contribution is 2.19. The summed E-state index contributed by atoms with van der Waals surface area (Å²) >= 11 is 2.76. The number of aryl methyl sites for hydroxylation is 1. The number of nitrogens with zero attached hydrogens (tertiary/aromatic N) is 2. The van der Waals surface area contributed by atoms with E-state index in [0.717, 1.165) is 22.7 Å². The van der Waals surface area contributed by atoms with Crippen LogP contribution in [0.4, 0.5) is 0 Å². The molecule has 0 spiro atoms. The molecule has 0 bridgehead atoms. The van der Waals surface area contributed by atoms with Crippen molar-refractivity contribution in [3.05, 3.63) is 41.7 Å². The molecule has 0 aliphatic rings. The van der Waals surface area contributed by atoms with Gasteiger partial charge < -0.3 is 0 Å². The van der Waals surface area contributed by atoms with Gasteiger partial charge in [-0.2, -0.15) is 4.37 Å². The Bertz CT molecular complexity index is 494. The van der Waals surface area contributed by atoms with Gasteiger partial charge in [-0.1, -0.05) is 49.4 Å². The number of carbonyl (C=O) groups is 1. The van der Waals surface area contributed by atoms with Gasteiger partial charge in [0.25, 0.3) is 0 Å². The number of hydrogen-bond donors (Lipinski definition) is 0. The van der Waals surface area contributed by atoms with Crippen LogP contribution in [0, 0.1) is 0 Å². The van der Waals surface area contributed by atoms with Gasteiger partial charge in [0.1, 0.15) is 6.33 Å². The van der Waals surface area contributed by atoms with E-state index in [0.29, 0.717) is 5.75 Å². The normalized spacial score (nSPS) is 10.5. The number of hydrogen-bond acceptors (Lipinski definition) is 5. The Balaban J connectivity index is 1.92. The zero-order chi connectivity index (χ0) is 12.8. The van der Waals surface area contributed by atoms with Crippen LogP contribution in [-0.4, -0.2) is 20.9 Å². The molecule has 0 radical (unpaired) electrons. The fraction of sp³-hybridized carbons (Fsp3) is 0.308. The summed E-state index contributed by atoms with van der Waals surface area (Å²) in [6.45, 7) is 2.15. The lowest BCUT2D eigenvalue weighted by Crippen LogP contribution is -2.02. The number of thioether (sulfide) groups is 1. The molecular formula is C13H14N2OS2. The van der Waals surface area contributed by atoms with Gasteiger partial charge in [-0.3, -0.25) is 4.79 Å². The molecule has 18 heavy (non-hydrogen) atoms. The molecule has 0 aliphatic heterocycles. The van der Waals surface area contributed by atoms with E-state index in [-0.39, 0.29) is 5.78 Å². The van der Waals surface area contributed by atoms with Crippen molar-refractivity contribution < 1.29 is 4.79 Å². The van der Waals surface area contributed by atoms with Gasteiger partial charge >= 0.3 is 0 Å². The maximum atomic E-state index is 11.9. The van der Waals surface area contributed by atoms with Crippen molar-refractivity contribution in [2.24, 2.45) is 0 Å². The quantitative estimate of drug-likeness (QED) is 0.599. The molecule has 94 valence electrons. The van der Waals surface area contributed by atoms with Gasteiger partial charge in [-0.25, -0.2) is 4.98 Å². The van der Waals surface area contributed by atoms with Crippen LogP contribution < -0.4 is 0 Å². The third kappa shape index (κ3) is 3.65. The van der Waals surface area contributed by atoms with Gasteiger partial charge in [0.05, 0.1) is 5.75 Å². The average molecular weight is 278 g/mol. The second-order valence-corrected chi connectivity index (χ2v) is 5.87. The fourth-order valence-corrected chi connectivity index (χ4v) is 2.92. The van der Waals surface area contributed by atoms with Crippen molar-refractivity contribution in [1.82, 2.24) is 9.36 Å². The third-order valence-electron chi connectivity index (χ3n) is 2.48. The van der Waals surface area contributed by atoms with Crippen molar-refractivity contribution in [3.8, 4) is 0 Å². The minimum Gasteiger partial charge on any atom is -0.293 e. The number of carbonyl (C=O) groups excluding carboxylic acids is 1. The first-order valence-corrected chi connectivity index (χ1v) is 7.57. The smallest absolute Gasteiger partial charge is 0.173 e. The van der Waals surface area contributed by atoms with E-state index >= 15 is 0 Å². The molecule has 1 heterocycles. The van der Waals surface area contributed by atoms with E-state index in [1.165, 1.54) is 35.2 Å². The second-order valence-electron chi connectivity index (χ2n) is 3.87. The largest absolute Gasteiger partial charge is 0.293 e. The lowest BCUT2D eigenvalue weighted by atomic mass is 10.1. The zero-order valence-electron chi connectivity index (χ0n) is 10.1. The van der Waals surface area contributed by atoms with Gasteiger partial charge in [-0.15, -0.1) is 0 Å². The van der Waals surface area contributed by atoms with E-state index in [1.807, 2.05) is 24.3 Å². The Morgan fingerprint density at radius 3 is 2.72 bits per heavy atom. The third-order valence-corrected chi connectivity index (χ3v) is 4.28. The fourth-order valence-electron chi connectivity index (χ4n) is 1.58. The molecule has 0 amide bonds. The van der Waals surface area contributed by atoms with E-state index in [4.69, 9.17) is 0 Å². The summed E-state index contributed by atoms with van der Waals surface area (Å²) in [5, 5.41) is 0. The Kier molecular flexibility index (Phi) is 4.90. The maximum absolute atomic E-state index is 11.9. The summed E-state index contributed by atoms with van der Waals surface area (Å²) in [6.07, 6.45) is 3.70. The highest BCUT2D eigenvalue weighted by atomic mass is 32.2. The summed E-state index contributed by atoms with van der Waals surface area (Å²) in [7, 11) is 0. The average Bonchev–Trinajstić information content (AvgIpc) is 2.90. The molecule has 3 nitrogen and oxygen atoms in total. The van der Waals surface area contributed by atoms with Crippen LogP contribution in [0.1, 0.15) is 29.3 Å². The summed E-state index contributed by atoms with van der Waals surface area (Å²) < 4.78 is 4.74. The number of aromatic nitrogens is 2. The summed E-state index contributed by atoms with van der Waals surface area (Å²) in [5.41, 5.74) is 2.05. The number of Topliss-reactive ketones (excluding diaryl/α,β-unsaturated/α-hetero) is 1. The van der Waals surface area contributed by atoms with E-state index in [1.54, 1.807) is 0 Å². The maximum Gasteiger partial charge on any atom is 0.173 e. The van der Waals surface area contributed by atoms with E-state index in [2.05, 4.69) is 16.3 Å². The molecule has 1 aromatic carbocycles. The molecule has 1 aromatic heterocycles. The molecule has 0 atom stereocenters. The lowest BCUT2D eigenvalue weighted by molar-refractivity contribution is 0.102. The van der Waals surface area contributed by atoms with Gasteiger partial charge in [0.2, 0.25) is 0 Å². The first-order chi connectivity index (χ1) is 8.79. The van der Waals surface area contributed by atoms with Crippen LogP contribution in [-0.2, 0) is 6.42 Å². The van der Waals surface area contributed by atoms with E-state index in [9.17, 15) is 4.79 Å². The SMILES string of the molecule is CCCc1ccc(C(=O)CSc2ncns2)cc1. The predicted molar refractivity (Wildman–Crippen MR) is 75.4 cm³/mol. The number of rotatable bonds is 6. The number of ketones is 1. The van der Waals surface area contributed by atoms with Crippen molar-refractivity contribution >= 4 is 29.1 Å². The molecule has 0 fully saturated rings. The second kappa shape index (κ2) is 6.66. The Hall–Kier alpha value is -1.20. The molecular weight excluding hydrogens is 264 g/mol. The lowest BCUT2D eigenvalue weighted by Gasteiger charge is -2.02. The first kappa shape index (κ1) is 13.2. The van der Waals surface area contributed by atoms with Crippen molar-refractivity contribution in [2.45, 2.75) is 24.1 Å². The summed E-state index contributed by atoms with van der Waals surface area (Å²) in [6, 6.07) is 7.89. The van der Waals surface area contributed by atoms with Crippen LogP contribution in [0.5, 0.6) is 0 Å². The zero-order valence-corrected chi connectivity index (χ0v) is 11.8. The Morgan fingerprint density at radius 1 is 1.33 bits per heavy atom. The number of benzene rings is 1. The molecule has 0 N–H and O–H groups in total. The summed E-state index contributed by atoms with van der Waals surface area (Å²) in [5.74, 6) is 0.556. The van der Waals surface area contributed by atoms with Crippen LogP contribution in [0.25, 0.3) is 0 Å². The predicted octanol–water partition coefficient (Wildman–Crippen LogP) is 3.47. The van der Waals surface area contributed by atoms with Gasteiger partial charge in [0.15, 0.2) is 10.1 Å². The molecule has 0 saturated carbocycles. The molecule has 0 saturated heterocycles.